The van der Waals surface area contributed by atoms with Gasteiger partial charge in [-0.2, -0.15) is 5.10 Å². The van der Waals surface area contributed by atoms with E-state index in [0.717, 1.165) is 11.3 Å². The number of nitrogens with one attached hydrogen (secondary N) is 2. The molecule has 7 nitrogen and oxygen atoms in total. The molecule has 3 rings (SSSR count). The quantitative estimate of drug-likeness (QED) is 0.709. The summed E-state index contributed by atoms with van der Waals surface area (Å²) >= 11 is 0. The maximum Gasteiger partial charge on any atom is 0.261 e. The van der Waals surface area contributed by atoms with Gasteiger partial charge in [-0.3, -0.25) is 14.3 Å². The minimum absolute atomic E-state index is 0.0490. The Morgan fingerprint density at radius 3 is 2.62 bits per heavy atom. The molecule has 0 fully saturated rings. The summed E-state index contributed by atoms with van der Waals surface area (Å²) in [6.45, 7) is 0.269. The number of H-pyrrole nitrogens is 1. The molecule has 1 amide bonds. The van der Waals surface area contributed by atoms with Gasteiger partial charge < -0.3 is 15.0 Å². The minimum Gasteiger partial charge on any atom is -0.382 e. The van der Waals surface area contributed by atoms with E-state index in [4.69, 9.17) is 4.74 Å². The number of aryl methyl sites for hydroxylation is 1. The highest BCUT2D eigenvalue weighted by molar-refractivity contribution is 5.94. The topological polar surface area (TPSA) is 89.0 Å². The lowest BCUT2D eigenvalue weighted by Crippen LogP contribution is -2.35. The van der Waals surface area contributed by atoms with E-state index in [1.54, 1.807) is 37.2 Å². The van der Waals surface area contributed by atoms with Crippen LogP contribution in [-0.2, 0) is 11.8 Å². The molecule has 0 aliphatic carbocycles. The molecule has 7 heteroatoms. The summed E-state index contributed by atoms with van der Waals surface area (Å²) in [5, 5.41) is 6.94. The van der Waals surface area contributed by atoms with E-state index in [9.17, 15) is 9.59 Å². The highest BCUT2D eigenvalue weighted by Gasteiger charge is 2.20. The monoisotopic (exact) mass is 352 g/mol. The fraction of sp³-hybridized carbons (Fsp3) is 0.211. The van der Waals surface area contributed by atoms with Crippen LogP contribution >= 0.6 is 0 Å². The summed E-state index contributed by atoms with van der Waals surface area (Å²) in [7, 11) is 3.34. The minimum atomic E-state index is -0.464. The zero-order valence-corrected chi connectivity index (χ0v) is 14.6. The predicted octanol–water partition coefficient (Wildman–Crippen LogP) is 1.89. The van der Waals surface area contributed by atoms with Gasteiger partial charge in [0.25, 0.3) is 11.5 Å². The number of rotatable bonds is 6. The first-order chi connectivity index (χ1) is 12.6. The maximum atomic E-state index is 12.6. The first kappa shape index (κ1) is 17.6. The second-order valence-electron chi connectivity index (χ2n) is 5.84. The Kier molecular flexibility index (Phi) is 5.28. The van der Waals surface area contributed by atoms with Crippen LogP contribution in [0.2, 0.25) is 0 Å². The normalized spacial score (nSPS) is 11.9. The van der Waals surface area contributed by atoms with Crippen molar-refractivity contribution in [1.82, 2.24) is 20.1 Å². The van der Waals surface area contributed by atoms with Crippen LogP contribution in [-0.4, -0.2) is 34.4 Å². The lowest BCUT2D eigenvalue weighted by Gasteiger charge is -2.18. The first-order valence-corrected chi connectivity index (χ1v) is 8.16. The third-order valence-electron chi connectivity index (χ3n) is 4.09. The number of aromatic nitrogens is 3. The van der Waals surface area contributed by atoms with E-state index >= 15 is 0 Å². The third kappa shape index (κ3) is 3.73. The van der Waals surface area contributed by atoms with Crippen LogP contribution < -0.4 is 10.9 Å². The van der Waals surface area contributed by atoms with Gasteiger partial charge in [0.15, 0.2) is 0 Å². The Hall–Kier alpha value is -3.19. The zero-order valence-electron chi connectivity index (χ0n) is 14.6. The number of carbonyl (C=O) groups is 1. The van der Waals surface area contributed by atoms with Crippen LogP contribution in [0.25, 0.3) is 11.3 Å². The van der Waals surface area contributed by atoms with Gasteiger partial charge in [0, 0.05) is 26.0 Å². The maximum absolute atomic E-state index is 12.6. The van der Waals surface area contributed by atoms with Crippen molar-refractivity contribution in [2.75, 3.05) is 13.7 Å². The summed E-state index contributed by atoms with van der Waals surface area (Å²) < 4.78 is 6.84. The zero-order chi connectivity index (χ0) is 18.5. The Labute approximate surface area is 150 Å². The van der Waals surface area contributed by atoms with Crippen LogP contribution in [0.3, 0.4) is 0 Å². The molecule has 0 spiro atoms. The lowest BCUT2D eigenvalue weighted by atomic mass is 10.1. The standard InChI is InChI=1S/C19H20N4O3/c1-23-17(10-11-20-23)16(12-26-2)22-19(25)14-8-9-15(21-18(14)24)13-6-4-3-5-7-13/h3-11,16H,12H2,1-2H3,(H,21,24)(H,22,25)/t16-/m0/s1. The summed E-state index contributed by atoms with van der Waals surface area (Å²) in [6.07, 6.45) is 1.64. The highest BCUT2D eigenvalue weighted by atomic mass is 16.5. The van der Waals surface area contributed by atoms with Crippen LogP contribution in [0.15, 0.2) is 59.5 Å². The average molecular weight is 352 g/mol. The van der Waals surface area contributed by atoms with Crippen LogP contribution in [0.1, 0.15) is 22.1 Å². The van der Waals surface area contributed by atoms with Crippen LogP contribution in [0, 0.1) is 0 Å². The number of hydrogen-bond acceptors (Lipinski definition) is 4. The molecule has 0 bridgehead atoms. The van der Waals surface area contributed by atoms with E-state index in [-0.39, 0.29) is 12.2 Å². The van der Waals surface area contributed by atoms with Crippen LogP contribution in [0.5, 0.6) is 0 Å². The number of nitrogens with zero attached hydrogens (tertiary/aromatic N) is 2. The van der Waals surface area contributed by atoms with Gasteiger partial charge in [0.05, 0.1) is 18.3 Å². The predicted molar refractivity (Wildman–Crippen MR) is 97.8 cm³/mol. The molecule has 0 radical (unpaired) electrons. The SMILES string of the molecule is COC[C@H](NC(=O)c1ccc(-c2ccccc2)[nH]c1=O)c1ccnn1C. The fourth-order valence-corrected chi connectivity index (χ4v) is 2.77. The molecule has 0 unspecified atom stereocenters. The molecule has 2 N–H and O–H groups in total. The highest BCUT2D eigenvalue weighted by Crippen LogP contribution is 2.16. The molecule has 2 aromatic heterocycles. The fourth-order valence-electron chi connectivity index (χ4n) is 2.77. The van der Waals surface area contributed by atoms with Gasteiger partial charge >= 0.3 is 0 Å². The van der Waals surface area contributed by atoms with Crippen molar-refractivity contribution in [3.05, 3.63) is 76.3 Å². The molecule has 0 saturated carbocycles. The summed E-state index contributed by atoms with van der Waals surface area (Å²) in [5.74, 6) is -0.464. The number of aromatic amines is 1. The van der Waals surface area contributed by atoms with Gasteiger partial charge in [0.2, 0.25) is 0 Å². The molecule has 0 saturated heterocycles. The second-order valence-corrected chi connectivity index (χ2v) is 5.84. The molecular weight excluding hydrogens is 332 g/mol. The van der Waals surface area contributed by atoms with Crippen molar-refractivity contribution in [3.8, 4) is 11.3 Å². The van der Waals surface area contributed by atoms with Crippen molar-refractivity contribution in [1.29, 1.82) is 0 Å². The molecular formula is C19H20N4O3. The Morgan fingerprint density at radius 1 is 1.23 bits per heavy atom. The van der Waals surface area contributed by atoms with E-state index < -0.39 is 17.5 Å². The number of ether oxygens (including phenoxy) is 1. The number of methoxy groups -OCH3 is 1. The van der Waals surface area contributed by atoms with E-state index in [1.165, 1.54) is 6.07 Å². The third-order valence-corrected chi connectivity index (χ3v) is 4.09. The molecule has 1 atom stereocenters. The Morgan fingerprint density at radius 2 is 2.00 bits per heavy atom. The lowest BCUT2D eigenvalue weighted by molar-refractivity contribution is 0.0891. The Balaban J connectivity index is 1.83. The van der Waals surface area contributed by atoms with Crippen molar-refractivity contribution in [3.63, 3.8) is 0 Å². The van der Waals surface area contributed by atoms with Crippen molar-refractivity contribution < 1.29 is 9.53 Å². The first-order valence-electron chi connectivity index (χ1n) is 8.16. The number of amides is 1. The summed E-state index contributed by atoms with van der Waals surface area (Å²) in [4.78, 5) is 27.7. The molecule has 0 aliphatic heterocycles. The van der Waals surface area contributed by atoms with Gasteiger partial charge in [-0.15, -0.1) is 0 Å². The van der Waals surface area contributed by atoms with Crippen molar-refractivity contribution in [2.24, 2.45) is 7.05 Å². The summed E-state index contributed by atoms with van der Waals surface area (Å²) in [5.41, 5.74) is 1.94. The largest absolute Gasteiger partial charge is 0.382 e. The van der Waals surface area contributed by atoms with E-state index in [1.807, 2.05) is 30.3 Å². The van der Waals surface area contributed by atoms with E-state index in [0.29, 0.717) is 5.69 Å². The number of hydrogen-bond donors (Lipinski definition) is 2. The number of benzene rings is 1. The van der Waals surface area contributed by atoms with Crippen LogP contribution in [0.4, 0.5) is 0 Å². The molecule has 2 heterocycles. The molecule has 0 aliphatic rings. The number of pyridine rings is 1. The van der Waals surface area contributed by atoms with Gasteiger partial charge in [-0.1, -0.05) is 30.3 Å². The van der Waals surface area contributed by atoms with Gasteiger partial charge in [-0.05, 0) is 23.8 Å². The molecule has 3 aromatic rings. The average Bonchev–Trinajstić information content (AvgIpc) is 3.07. The summed E-state index contributed by atoms with van der Waals surface area (Å²) in [6, 6.07) is 14.1. The van der Waals surface area contributed by atoms with Crippen molar-refractivity contribution in [2.45, 2.75) is 6.04 Å². The van der Waals surface area contributed by atoms with Gasteiger partial charge in [-0.25, -0.2) is 0 Å². The smallest absolute Gasteiger partial charge is 0.261 e. The Bertz CT molecular complexity index is 947. The molecule has 1 aromatic carbocycles. The molecule has 26 heavy (non-hydrogen) atoms. The number of carbonyl (C=O) groups excluding carboxylic acids is 1. The van der Waals surface area contributed by atoms with Crippen molar-refractivity contribution >= 4 is 5.91 Å². The second kappa shape index (κ2) is 7.79. The molecule has 134 valence electrons. The van der Waals surface area contributed by atoms with Gasteiger partial charge in [0.1, 0.15) is 5.56 Å². The van der Waals surface area contributed by atoms with E-state index in [2.05, 4.69) is 15.4 Å².